The Bertz CT molecular complexity index is 3310. The molecule has 0 aliphatic carbocycles. The summed E-state index contributed by atoms with van der Waals surface area (Å²) in [5, 5.41) is 17.0. The van der Waals surface area contributed by atoms with Crippen LogP contribution in [0.1, 0.15) is 69.6 Å². The number of anilines is 4. The van der Waals surface area contributed by atoms with Crippen molar-refractivity contribution in [1.82, 2.24) is 0 Å². The Balaban J connectivity index is -0.000000343. The number of rotatable bonds is 17. The molecule has 0 aliphatic heterocycles. The number of nitrogens with zero attached hydrogens (tertiary/aromatic N) is 3. The van der Waals surface area contributed by atoms with E-state index in [2.05, 4.69) is 26.0 Å². The normalized spacial score (nSPS) is 9.34. The second kappa shape index (κ2) is 56.5. The maximum absolute atomic E-state index is 13.5. The molecule has 8 aromatic carbocycles. The molecule has 13 nitrogen and oxygen atoms in total. The van der Waals surface area contributed by atoms with Gasteiger partial charge in [0.1, 0.15) is 47.5 Å². The summed E-state index contributed by atoms with van der Waals surface area (Å²) in [4.78, 5) is 47.5. The van der Waals surface area contributed by atoms with E-state index in [0.29, 0.717) is 49.7 Å². The van der Waals surface area contributed by atoms with E-state index in [4.69, 9.17) is 78.6 Å². The first-order valence-electron chi connectivity index (χ1n) is 26.3. The summed E-state index contributed by atoms with van der Waals surface area (Å²) in [6, 6.07) is 55.6. The van der Waals surface area contributed by atoms with Crippen molar-refractivity contribution < 1.29 is 85.6 Å². The van der Waals surface area contributed by atoms with E-state index in [1.165, 1.54) is 68.3 Å². The number of nitrogens with one attached hydrogen (secondary N) is 1. The molecule has 0 heterocycles. The fourth-order valence-electron chi connectivity index (χ4n) is 7.07. The molecule has 0 aliphatic rings. The van der Waals surface area contributed by atoms with Crippen LogP contribution in [0, 0.1) is 35.1 Å². The molecule has 0 spiro atoms. The Labute approximate surface area is 599 Å². The average molecular weight is 1440 g/mol. The maximum atomic E-state index is 13.5. The number of benzene rings is 8. The third-order valence-electron chi connectivity index (χ3n) is 11.3. The molecule has 495 valence electrons. The summed E-state index contributed by atoms with van der Waals surface area (Å²) in [5.41, 5.74) is 11.9. The summed E-state index contributed by atoms with van der Waals surface area (Å²) < 4.78 is 66.1. The molecule has 8 rings (SSSR count). The molecule has 3 radical (unpaired) electrons. The Morgan fingerprint density at radius 3 is 1.39 bits per heavy atom. The van der Waals surface area contributed by atoms with Gasteiger partial charge in [-0.25, -0.2) is 22.4 Å². The molecule has 93 heavy (non-hydrogen) atoms. The number of nitrogen functional groups attached to an aromatic ring is 1. The molecule has 8 aromatic rings. The van der Waals surface area contributed by atoms with Crippen LogP contribution in [0.15, 0.2) is 194 Å². The number of carbonyl (C=O) groups is 4. The SMILES string of the molecule is C.C.C.CCC(C(=O)OC)N(Cc1ccccc1)c1ccc(F)c(Cl)c1.CCOC(=O)CN(Cc1ccccc1)c1ccc(F)c(Cl)c1.CO.COC(=O)CBr.Fc1ccc(NCc2ccccc2)cc1Cl.Nc1ccc(F)c(Cl)c1.O=Cc1ccccc1.[B].[C-]#N.[Na+]. The standard InChI is InChI=1S/C18H19ClFNO2.C17H17ClFNO2.C13H11ClFN.C7H6O.C6H5ClFN.C3H5BrO2.CN.CH4O.3CH4.B.Na/c1-3-17(18(22)23-2)21(12-13-7-5-4-6-8-13)14-9-10-16(20)15(19)11-14;1-2-22-17(21)12-20(11-13-6-4-3-5-7-13)14-8-9-16(19)15(18)10-14;14-12-8-11(6-7-13(12)15)16-9-10-4-2-1-3-5-10;8-6-7-4-2-1-3-5-7;7-5-3-4(9)1-2-6(5)8;1-6-3(5)2-4;2*1-2;;;;;/h4-11,17H,3,12H2,1-2H3;3-10H,2,11-12H2,1H3;1-8,16H,9H2;1-6H;1-3H,9H2;2H2,1H3;;2H,1H3;3*1H4;;/q;;;;;;-1;;;;;;+1. The number of hydrogen-bond donors (Lipinski definition) is 3. The topological polar surface area (TPSA) is 185 Å². The predicted octanol–water partition coefficient (Wildman–Crippen LogP) is 14.9. The van der Waals surface area contributed by atoms with Crippen LogP contribution in [0.25, 0.3) is 0 Å². The molecule has 1 unspecified atom stereocenters. The van der Waals surface area contributed by atoms with Gasteiger partial charge in [-0.2, -0.15) is 0 Å². The molecule has 0 saturated heterocycles. The average Bonchev–Trinajstić information content (AvgIpc) is 0.999. The molecule has 0 amide bonds. The number of halogens is 9. The quantitative estimate of drug-likeness (QED) is 0.0114. The van der Waals surface area contributed by atoms with Gasteiger partial charge in [-0.3, -0.25) is 14.4 Å². The van der Waals surface area contributed by atoms with Crippen molar-refractivity contribution in [3.05, 3.63) is 266 Å². The van der Waals surface area contributed by atoms with E-state index in [1.54, 1.807) is 48.2 Å². The number of aldehydes is 1. The monoisotopic (exact) mass is 1430 g/mol. The molecule has 0 aromatic heterocycles. The van der Waals surface area contributed by atoms with E-state index in [-0.39, 0.29) is 110 Å². The van der Waals surface area contributed by atoms with Gasteiger partial charge in [-0.1, -0.05) is 213 Å². The van der Waals surface area contributed by atoms with Crippen LogP contribution in [-0.2, 0) is 48.2 Å². The molecular weight excluding hydrogens is 1360 g/mol. The zero-order valence-electron chi connectivity index (χ0n) is 50.3. The number of aliphatic hydroxyl groups is 1. The Hall–Kier alpha value is -7.09. The summed E-state index contributed by atoms with van der Waals surface area (Å²) >= 11 is 25.7. The largest absolute Gasteiger partial charge is 1.00 e. The first-order chi connectivity index (χ1) is 42.4. The maximum Gasteiger partial charge on any atom is 1.00 e. The summed E-state index contributed by atoms with van der Waals surface area (Å²) in [6.45, 7) is 10.5. The Morgan fingerprint density at radius 1 is 0.602 bits per heavy atom. The molecule has 0 fully saturated rings. The van der Waals surface area contributed by atoms with Gasteiger partial charge in [0.25, 0.3) is 0 Å². The summed E-state index contributed by atoms with van der Waals surface area (Å²) in [6.07, 6.45) is 1.40. The minimum absolute atomic E-state index is 0. The second-order valence-electron chi connectivity index (χ2n) is 17.3. The number of carbonyl (C=O) groups excluding carboxylic acids is 4. The molecule has 0 saturated carbocycles. The van der Waals surface area contributed by atoms with Crippen molar-refractivity contribution >= 4 is 118 Å². The fraction of sp³-hybridized carbons (Fsp3) is 0.232. The molecule has 0 bridgehead atoms. The van der Waals surface area contributed by atoms with Gasteiger partial charge < -0.3 is 52.0 Å². The third kappa shape index (κ3) is 38.6. The van der Waals surface area contributed by atoms with Crippen molar-refractivity contribution in [2.75, 3.05) is 60.7 Å². The van der Waals surface area contributed by atoms with Crippen molar-refractivity contribution in [3.63, 3.8) is 0 Å². The van der Waals surface area contributed by atoms with Gasteiger partial charge in [0.2, 0.25) is 0 Å². The summed E-state index contributed by atoms with van der Waals surface area (Å²) in [5.74, 6) is -2.71. The van der Waals surface area contributed by atoms with E-state index in [9.17, 15) is 36.7 Å². The van der Waals surface area contributed by atoms with Crippen molar-refractivity contribution in [1.29, 1.82) is 5.26 Å². The van der Waals surface area contributed by atoms with Gasteiger partial charge in [0.15, 0.2) is 0 Å². The first-order valence-corrected chi connectivity index (χ1v) is 29.0. The van der Waals surface area contributed by atoms with Crippen LogP contribution in [0.5, 0.6) is 0 Å². The Kier molecular flexibility index (Phi) is 57.4. The number of aliphatic hydroxyl groups excluding tert-OH is 1. The van der Waals surface area contributed by atoms with Crippen LogP contribution < -0.4 is 50.4 Å². The molecule has 1 atom stereocenters. The minimum atomic E-state index is -0.485. The molecule has 24 heteroatoms. The number of nitrogens with two attached hydrogens (primary N) is 1. The number of ether oxygens (including phenoxy) is 3. The zero-order chi connectivity index (χ0) is 65.8. The minimum Gasteiger partial charge on any atom is -0.512 e. The smallest absolute Gasteiger partial charge is 0.512 e. The van der Waals surface area contributed by atoms with Crippen LogP contribution in [0.4, 0.5) is 40.3 Å². The number of alkyl halides is 1. The van der Waals surface area contributed by atoms with Crippen molar-refractivity contribution in [2.24, 2.45) is 0 Å². The number of esters is 3. The van der Waals surface area contributed by atoms with E-state index < -0.39 is 29.3 Å². The fourth-order valence-corrected chi connectivity index (χ4v) is 8.01. The van der Waals surface area contributed by atoms with Crippen LogP contribution in [-0.4, -0.2) is 83.6 Å². The van der Waals surface area contributed by atoms with Gasteiger partial charge in [-0.05, 0) is 103 Å². The van der Waals surface area contributed by atoms with Gasteiger partial charge in [-0.15, -0.1) is 0 Å². The van der Waals surface area contributed by atoms with Crippen molar-refractivity contribution in [2.45, 2.75) is 68.2 Å². The van der Waals surface area contributed by atoms with Gasteiger partial charge >= 0.3 is 47.5 Å². The van der Waals surface area contributed by atoms with Gasteiger partial charge in [0, 0.05) is 63.5 Å². The van der Waals surface area contributed by atoms with Crippen LogP contribution in [0.3, 0.4) is 0 Å². The van der Waals surface area contributed by atoms with E-state index >= 15 is 0 Å². The van der Waals surface area contributed by atoms with Gasteiger partial charge in [0.05, 0.1) is 40.9 Å². The number of methoxy groups -OCH3 is 2. The predicted molar refractivity (Wildman–Crippen MR) is 373 cm³/mol. The zero-order valence-corrected chi connectivity index (χ0v) is 56.9. The molecule has 4 N–H and O–H groups in total. The van der Waals surface area contributed by atoms with Crippen molar-refractivity contribution in [3.8, 4) is 0 Å². The van der Waals surface area contributed by atoms with Crippen LogP contribution in [0.2, 0.25) is 20.1 Å². The second-order valence-corrected chi connectivity index (χ2v) is 19.5. The number of hydrogen-bond acceptors (Lipinski definition) is 13. The van der Waals surface area contributed by atoms with E-state index in [0.717, 1.165) is 35.8 Å². The van der Waals surface area contributed by atoms with E-state index in [1.807, 2.05) is 121 Å². The Morgan fingerprint density at radius 2 is 1.01 bits per heavy atom. The first kappa shape index (κ1) is 94.6. The summed E-state index contributed by atoms with van der Waals surface area (Å²) in [7, 11) is 3.72. The molecular formula is C69H79BBrCl4F4N5NaO8. The third-order valence-corrected chi connectivity index (χ3v) is 12.9. The van der Waals surface area contributed by atoms with Crippen LogP contribution >= 0.6 is 62.3 Å².